The van der Waals surface area contributed by atoms with E-state index in [1.165, 1.54) is 0 Å². The van der Waals surface area contributed by atoms with Crippen LogP contribution in [0.3, 0.4) is 0 Å². The van der Waals surface area contributed by atoms with Crippen LogP contribution >= 0.6 is 11.3 Å². The Labute approximate surface area is 133 Å². The van der Waals surface area contributed by atoms with Gasteiger partial charge in [-0.2, -0.15) is 11.3 Å². The van der Waals surface area contributed by atoms with Crippen LogP contribution < -0.4 is 23.6 Å². The smallest absolute Gasteiger partial charge is 0.538 e. The molecule has 0 saturated carbocycles. The summed E-state index contributed by atoms with van der Waals surface area (Å²) in [6.07, 6.45) is 0.138. The Morgan fingerprint density at radius 3 is 1.58 bits per heavy atom. The third kappa shape index (κ3) is 6.03. The quantitative estimate of drug-likeness (QED) is 0.666. The van der Waals surface area contributed by atoms with Crippen LogP contribution in [0.1, 0.15) is 41.5 Å². The normalized spacial score (nSPS) is 12.3. The molecule has 1 rings (SSSR count). The summed E-state index contributed by atoms with van der Waals surface area (Å²) < 4.78 is 19.1. The predicted molar refractivity (Wildman–Crippen MR) is 78.4 cm³/mol. The summed E-state index contributed by atoms with van der Waals surface area (Å²) in [5.74, 6) is 0. The van der Waals surface area contributed by atoms with Gasteiger partial charge in [-0.25, -0.2) is 0 Å². The zero-order chi connectivity index (χ0) is 13.8. The van der Waals surface area contributed by atoms with Crippen LogP contribution in [0.2, 0.25) is 0 Å². The molecule has 0 bridgehead atoms. The Morgan fingerprint density at radius 2 is 1.32 bits per heavy atom. The van der Waals surface area contributed by atoms with Crippen molar-refractivity contribution in [2.75, 3.05) is 0 Å². The molecular weight excluding hydrogens is 254 g/mol. The SMILES string of the molecule is CC(C)O[B-](OC(C)C)(OC(C)C)c1cccs1.[Li+]. The van der Waals surface area contributed by atoms with Crippen LogP contribution in [0.15, 0.2) is 17.5 Å². The fourth-order valence-corrected chi connectivity index (χ4v) is 2.67. The van der Waals surface area contributed by atoms with Gasteiger partial charge in [0.25, 0.3) is 0 Å². The van der Waals surface area contributed by atoms with Gasteiger partial charge in [-0.3, -0.25) is 0 Å². The minimum absolute atomic E-state index is 0. The van der Waals surface area contributed by atoms with Crippen molar-refractivity contribution in [1.29, 1.82) is 0 Å². The van der Waals surface area contributed by atoms with E-state index in [0.29, 0.717) is 0 Å². The first-order chi connectivity index (χ1) is 8.35. The van der Waals surface area contributed by atoms with Crippen LogP contribution in [0.5, 0.6) is 0 Å². The van der Waals surface area contributed by atoms with Gasteiger partial charge in [0.05, 0.1) is 0 Å². The van der Waals surface area contributed by atoms with E-state index >= 15 is 0 Å². The number of thiophene rings is 1. The first kappa shape index (κ1) is 19.2. The summed E-state index contributed by atoms with van der Waals surface area (Å²) in [4.78, 5) is 0. The van der Waals surface area contributed by atoms with Crippen molar-refractivity contribution in [2.45, 2.75) is 59.9 Å². The number of hydrogen-bond donors (Lipinski definition) is 0. The molecule has 104 valence electrons. The number of hydrogen-bond acceptors (Lipinski definition) is 4. The number of rotatable bonds is 7. The van der Waals surface area contributed by atoms with Gasteiger partial charge in [-0.1, -0.05) is 16.9 Å². The van der Waals surface area contributed by atoms with E-state index in [9.17, 15) is 0 Å². The molecule has 0 N–H and O–H groups in total. The van der Waals surface area contributed by atoms with Gasteiger partial charge in [0.15, 0.2) is 0 Å². The molecule has 1 aromatic rings. The molecular formula is C13H24BLiO3S. The Balaban J connectivity index is 0.00000324. The van der Waals surface area contributed by atoms with Crippen LogP contribution in [0, 0.1) is 0 Å². The summed E-state index contributed by atoms with van der Waals surface area (Å²) >= 11 is 1.61. The van der Waals surface area contributed by atoms with Crippen molar-refractivity contribution in [1.82, 2.24) is 0 Å². The van der Waals surface area contributed by atoms with Crippen molar-refractivity contribution in [2.24, 2.45) is 0 Å². The molecule has 3 nitrogen and oxygen atoms in total. The third-order valence-corrected chi connectivity index (χ3v) is 3.24. The Kier molecular flexibility index (Phi) is 8.62. The van der Waals surface area contributed by atoms with E-state index in [1.54, 1.807) is 11.3 Å². The first-order valence-electron chi connectivity index (χ1n) is 6.56. The van der Waals surface area contributed by atoms with Crippen molar-refractivity contribution < 1.29 is 32.8 Å². The van der Waals surface area contributed by atoms with Crippen molar-refractivity contribution in [3.05, 3.63) is 17.5 Å². The average molecular weight is 278 g/mol. The second kappa shape index (κ2) is 8.51. The second-order valence-electron chi connectivity index (χ2n) is 5.21. The monoisotopic (exact) mass is 278 g/mol. The van der Waals surface area contributed by atoms with E-state index in [0.717, 1.165) is 4.78 Å². The summed E-state index contributed by atoms with van der Waals surface area (Å²) in [7, 11) is 0. The topological polar surface area (TPSA) is 27.7 Å². The summed E-state index contributed by atoms with van der Waals surface area (Å²) in [5, 5.41) is 2.02. The van der Waals surface area contributed by atoms with Gasteiger partial charge in [-0.15, -0.1) is 0 Å². The van der Waals surface area contributed by atoms with Gasteiger partial charge in [0.1, 0.15) is 0 Å². The molecule has 0 radical (unpaired) electrons. The molecule has 1 aromatic heterocycles. The van der Waals surface area contributed by atoms with E-state index in [-0.39, 0.29) is 37.2 Å². The fourth-order valence-electron chi connectivity index (χ4n) is 1.86. The average Bonchev–Trinajstić information content (AvgIpc) is 2.65. The zero-order valence-electron chi connectivity index (χ0n) is 13.2. The van der Waals surface area contributed by atoms with E-state index < -0.39 is 6.75 Å². The minimum Gasteiger partial charge on any atom is -0.538 e. The summed E-state index contributed by atoms with van der Waals surface area (Å²) in [6, 6.07) is 4.01. The Morgan fingerprint density at radius 1 is 0.895 bits per heavy atom. The molecule has 0 spiro atoms. The maximum absolute atomic E-state index is 6.03. The van der Waals surface area contributed by atoms with E-state index in [4.69, 9.17) is 14.0 Å². The largest absolute Gasteiger partial charge is 1.00 e. The molecule has 6 heteroatoms. The molecule has 19 heavy (non-hydrogen) atoms. The Hall–Kier alpha value is 0.242. The molecule has 0 amide bonds. The molecule has 0 unspecified atom stereocenters. The van der Waals surface area contributed by atoms with Crippen LogP contribution in [-0.4, -0.2) is 25.1 Å². The molecule has 0 fully saturated rings. The molecule has 0 aromatic carbocycles. The summed E-state index contributed by atoms with van der Waals surface area (Å²) in [5.41, 5.74) is 0. The minimum atomic E-state index is -1.86. The predicted octanol–water partition coefficient (Wildman–Crippen LogP) is 0.173. The maximum Gasteiger partial charge on any atom is 1.00 e. The van der Waals surface area contributed by atoms with E-state index in [1.807, 2.05) is 59.1 Å². The van der Waals surface area contributed by atoms with Crippen LogP contribution in [0.4, 0.5) is 0 Å². The van der Waals surface area contributed by atoms with Gasteiger partial charge in [-0.05, 0) is 46.9 Å². The zero-order valence-corrected chi connectivity index (χ0v) is 14.0. The molecule has 0 saturated heterocycles. The van der Waals surface area contributed by atoms with Crippen molar-refractivity contribution >= 4 is 22.9 Å². The van der Waals surface area contributed by atoms with Gasteiger partial charge >= 0.3 is 25.6 Å². The first-order valence-corrected chi connectivity index (χ1v) is 7.44. The molecule has 0 atom stereocenters. The molecule has 0 aliphatic carbocycles. The van der Waals surface area contributed by atoms with E-state index in [2.05, 4.69) is 0 Å². The Bertz CT molecular complexity index is 315. The van der Waals surface area contributed by atoms with Crippen LogP contribution in [0.25, 0.3) is 0 Å². The standard InChI is InChI=1S/C13H24BO3S.Li/c1-10(2)15-14(16-11(3)4,17-12(5)6)13-8-7-9-18-13;/h7-12H,1-6H3;/q-1;+1. The van der Waals surface area contributed by atoms with Crippen molar-refractivity contribution in [3.8, 4) is 0 Å². The summed E-state index contributed by atoms with van der Waals surface area (Å²) in [6.45, 7) is 10.1. The van der Waals surface area contributed by atoms with Crippen LogP contribution in [-0.2, 0) is 14.0 Å². The van der Waals surface area contributed by atoms with Crippen molar-refractivity contribution in [3.63, 3.8) is 0 Å². The van der Waals surface area contributed by atoms with Gasteiger partial charge in [0.2, 0.25) is 0 Å². The van der Waals surface area contributed by atoms with Gasteiger partial charge in [0, 0.05) is 18.3 Å². The van der Waals surface area contributed by atoms with Gasteiger partial charge < -0.3 is 14.0 Å². The molecule has 0 aliphatic rings. The molecule has 1 heterocycles. The second-order valence-corrected chi connectivity index (χ2v) is 6.19. The molecule has 0 aliphatic heterocycles. The fraction of sp³-hybridized carbons (Fsp3) is 0.692. The third-order valence-electron chi connectivity index (χ3n) is 2.25. The maximum atomic E-state index is 6.03.